The Morgan fingerprint density at radius 3 is 2.47 bits per heavy atom. The highest BCUT2D eigenvalue weighted by Gasteiger charge is 2.36. The number of carbonyl (C=O) groups excluding carboxylic acids is 3. The maximum Gasteiger partial charge on any atom is 0.410 e. The molecule has 1 aromatic rings. The first-order valence-electron chi connectivity index (χ1n) is 10.7. The van der Waals surface area contributed by atoms with Crippen LogP contribution in [0.3, 0.4) is 0 Å². The van der Waals surface area contributed by atoms with Crippen molar-refractivity contribution in [3.63, 3.8) is 0 Å². The van der Waals surface area contributed by atoms with Crippen molar-refractivity contribution in [1.82, 2.24) is 15.5 Å². The van der Waals surface area contributed by atoms with Gasteiger partial charge in [0.05, 0.1) is 0 Å². The molecule has 2 N–H and O–H groups in total. The standard InChI is InChI=1S/C23H35N3O4/c1-16(18-10-7-6-8-11-18)17(2)25-20(27)13-14-24-21(28)19-12-9-15-26(19)22(29)30-23(3,4)5/h6-8,10-11,16-17,19H,9,12-15H2,1-5H3,(H,24,28)(H,25,27)/t16-,17+,19+/m1/s1. The van der Waals surface area contributed by atoms with E-state index in [1.807, 2.05) is 37.3 Å². The second kappa shape index (κ2) is 10.5. The molecule has 7 heteroatoms. The molecular weight excluding hydrogens is 382 g/mol. The monoisotopic (exact) mass is 417 g/mol. The number of carbonyl (C=O) groups is 3. The summed E-state index contributed by atoms with van der Waals surface area (Å²) in [6.45, 7) is 10.2. The van der Waals surface area contributed by atoms with Crippen LogP contribution in [0, 0.1) is 0 Å². The summed E-state index contributed by atoms with van der Waals surface area (Å²) >= 11 is 0. The fourth-order valence-electron chi connectivity index (χ4n) is 3.49. The van der Waals surface area contributed by atoms with Crippen LogP contribution in [-0.4, -0.2) is 53.6 Å². The van der Waals surface area contributed by atoms with Crippen LogP contribution < -0.4 is 10.6 Å². The molecule has 3 amide bonds. The molecule has 0 aromatic heterocycles. The second-order valence-corrected chi connectivity index (χ2v) is 8.93. The number of nitrogens with zero attached hydrogens (tertiary/aromatic N) is 1. The molecule has 7 nitrogen and oxygen atoms in total. The lowest BCUT2D eigenvalue weighted by atomic mass is 9.94. The SMILES string of the molecule is C[C@H](NC(=O)CCNC(=O)[C@@H]1CCCN1C(=O)OC(C)(C)C)[C@@H](C)c1ccccc1. The van der Waals surface area contributed by atoms with Crippen molar-refractivity contribution in [3.8, 4) is 0 Å². The number of hydrogen-bond acceptors (Lipinski definition) is 4. The molecule has 1 aliphatic rings. The Morgan fingerprint density at radius 2 is 1.83 bits per heavy atom. The lowest BCUT2D eigenvalue weighted by Crippen LogP contribution is -2.48. The van der Waals surface area contributed by atoms with Gasteiger partial charge in [0.25, 0.3) is 0 Å². The van der Waals surface area contributed by atoms with Crippen LogP contribution in [0.15, 0.2) is 30.3 Å². The normalized spacial score (nSPS) is 18.4. The van der Waals surface area contributed by atoms with E-state index in [1.165, 1.54) is 10.5 Å². The van der Waals surface area contributed by atoms with Gasteiger partial charge in [-0.2, -0.15) is 0 Å². The van der Waals surface area contributed by atoms with E-state index in [0.29, 0.717) is 13.0 Å². The molecular formula is C23H35N3O4. The average molecular weight is 418 g/mol. The van der Waals surface area contributed by atoms with Crippen LogP contribution in [0.2, 0.25) is 0 Å². The van der Waals surface area contributed by atoms with Crippen molar-refractivity contribution in [3.05, 3.63) is 35.9 Å². The van der Waals surface area contributed by atoms with Gasteiger partial charge >= 0.3 is 6.09 Å². The summed E-state index contributed by atoms with van der Waals surface area (Å²) in [6.07, 6.45) is 1.08. The van der Waals surface area contributed by atoms with Crippen LogP contribution in [-0.2, 0) is 14.3 Å². The Morgan fingerprint density at radius 1 is 1.17 bits per heavy atom. The second-order valence-electron chi connectivity index (χ2n) is 8.93. The van der Waals surface area contributed by atoms with Gasteiger partial charge < -0.3 is 15.4 Å². The molecule has 0 saturated carbocycles. The van der Waals surface area contributed by atoms with E-state index < -0.39 is 17.7 Å². The highest BCUT2D eigenvalue weighted by molar-refractivity contribution is 5.86. The number of hydrogen-bond donors (Lipinski definition) is 2. The number of amides is 3. The number of nitrogens with one attached hydrogen (secondary N) is 2. The van der Waals surface area contributed by atoms with Crippen LogP contribution >= 0.6 is 0 Å². The lowest BCUT2D eigenvalue weighted by Gasteiger charge is -2.28. The summed E-state index contributed by atoms with van der Waals surface area (Å²) in [5, 5.41) is 5.79. The zero-order valence-electron chi connectivity index (χ0n) is 18.7. The highest BCUT2D eigenvalue weighted by atomic mass is 16.6. The minimum absolute atomic E-state index is 0.0203. The Kier molecular flexibility index (Phi) is 8.26. The Bertz CT molecular complexity index is 730. The predicted octanol–water partition coefficient (Wildman–Crippen LogP) is 3.20. The van der Waals surface area contributed by atoms with E-state index in [4.69, 9.17) is 4.74 Å². The van der Waals surface area contributed by atoms with E-state index in [-0.39, 0.29) is 36.7 Å². The number of benzene rings is 1. The third-order valence-corrected chi connectivity index (χ3v) is 5.30. The number of ether oxygens (including phenoxy) is 1. The van der Waals surface area contributed by atoms with E-state index in [1.54, 1.807) is 20.8 Å². The van der Waals surface area contributed by atoms with Gasteiger partial charge in [0.1, 0.15) is 11.6 Å². The summed E-state index contributed by atoms with van der Waals surface area (Å²) < 4.78 is 5.39. The lowest BCUT2D eigenvalue weighted by molar-refractivity contribution is -0.125. The average Bonchev–Trinajstić information content (AvgIpc) is 3.17. The van der Waals surface area contributed by atoms with Crippen LogP contribution in [0.5, 0.6) is 0 Å². The van der Waals surface area contributed by atoms with Gasteiger partial charge in [-0.3, -0.25) is 14.5 Å². The third kappa shape index (κ3) is 7.04. The molecule has 166 valence electrons. The number of likely N-dealkylation sites (tertiary alicyclic amines) is 1. The van der Waals surface area contributed by atoms with Crippen molar-refractivity contribution in [1.29, 1.82) is 0 Å². The fourth-order valence-corrected chi connectivity index (χ4v) is 3.49. The first kappa shape index (κ1) is 23.7. The van der Waals surface area contributed by atoms with Crippen molar-refractivity contribution >= 4 is 17.9 Å². The first-order valence-corrected chi connectivity index (χ1v) is 10.7. The molecule has 0 aliphatic carbocycles. The molecule has 30 heavy (non-hydrogen) atoms. The maximum atomic E-state index is 12.5. The molecule has 0 bridgehead atoms. The summed E-state index contributed by atoms with van der Waals surface area (Å²) in [7, 11) is 0. The fraction of sp³-hybridized carbons (Fsp3) is 0.609. The number of rotatable bonds is 7. The predicted molar refractivity (Wildman–Crippen MR) is 116 cm³/mol. The smallest absolute Gasteiger partial charge is 0.410 e. The summed E-state index contributed by atoms with van der Waals surface area (Å²) in [6, 6.07) is 9.47. The maximum absolute atomic E-state index is 12.5. The van der Waals surface area contributed by atoms with Gasteiger partial charge in [-0.05, 0) is 46.1 Å². The summed E-state index contributed by atoms with van der Waals surface area (Å²) in [5.74, 6) is -0.163. The quantitative estimate of drug-likeness (QED) is 0.713. The minimum Gasteiger partial charge on any atom is -0.444 e. The topological polar surface area (TPSA) is 87.7 Å². The molecule has 1 aliphatic heterocycles. The van der Waals surface area contributed by atoms with Gasteiger partial charge in [-0.15, -0.1) is 0 Å². The molecule has 0 spiro atoms. The van der Waals surface area contributed by atoms with Gasteiger partial charge in [-0.25, -0.2) is 4.79 Å². The molecule has 0 unspecified atom stereocenters. The zero-order chi connectivity index (χ0) is 22.3. The Hall–Kier alpha value is -2.57. The van der Waals surface area contributed by atoms with Crippen molar-refractivity contribution in [2.24, 2.45) is 0 Å². The van der Waals surface area contributed by atoms with Gasteiger partial charge in [0, 0.05) is 31.5 Å². The van der Waals surface area contributed by atoms with E-state index in [0.717, 1.165) is 6.42 Å². The molecule has 1 fully saturated rings. The van der Waals surface area contributed by atoms with Crippen molar-refractivity contribution in [2.75, 3.05) is 13.1 Å². The molecule has 1 saturated heterocycles. The minimum atomic E-state index is -0.605. The van der Waals surface area contributed by atoms with Crippen LogP contribution in [0.1, 0.15) is 65.4 Å². The Balaban J connectivity index is 1.76. The molecule has 3 atom stereocenters. The molecule has 1 aromatic carbocycles. The van der Waals surface area contributed by atoms with Crippen molar-refractivity contribution in [2.45, 2.75) is 77.5 Å². The summed E-state index contributed by atoms with van der Waals surface area (Å²) in [4.78, 5) is 38.6. The molecule has 1 heterocycles. The Labute approximate surface area is 179 Å². The molecule has 2 rings (SSSR count). The highest BCUT2D eigenvalue weighted by Crippen LogP contribution is 2.21. The van der Waals surface area contributed by atoms with Crippen LogP contribution in [0.4, 0.5) is 4.79 Å². The van der Waals surface area contributed by atoms with Crippen molar-refractivity contribution < 1.29 is 19.1 Å². The van der Waals surface area contributed by atoms with Crippen LogP contribution in [0.25, 0.3) is 0 Å². The zero-order valence-corrected chi connectivity index (χ0v) is 18.7. The van der Waals surface area contributed by atoms with E-state index >= 15 is 0 Å². The van der Waals surface area contributed by atoms with E-state index in [9.17, 15) is 14.4 Å². The largest absolute Gasteiger partial charge is 0.444 e. The van der Waals surface area contributed by atoms with Gasteiger partial charge in [0.15, 0.2) is 0 Å². The molecule has 0 radical (unpaired) electrons. The summed E-state index contributed by atoms with van der Waals surface area (Å²) in [5.41, 5.74) is 0.564. The van der Waals surface area contributed by atoms with E-state index in [2.05, 4.69) is 17.6 Å². The third-order valence-electron chi connectivity index (χ3n) is 5.30. The van der Waals surface area contributed by atoms with Gasteiger partial charge in [-0.1, -0.05) is 37.3 Å². The van der Waals surface area contributed by atoms with Gasteiger partial charge in [0.2, 0.25) is 11.8 Å². The first-order chi connectivity index (χ1) is 14.1.